The highest BCUT2D eigenvalue weighted by atomic mass is 16.6. The smallest absolute Gasteiger partial charge is 0.313 e. The van der Waals surface area contributed by atoms with Crippen molar-refractivity contribution < 1.29 is 14.3 Å². The van der Waals surface area contributed by atoms with Gasteiger partial charge < -0.3 is 15.2 Å². The molecule has 15 heavy (non-hydrogen) atoms. The summed E-state index contributed by atoms with van der Waals surface area (Å²) in [6.07, 6.45) is 3.92. The third-order valence-electron chi connectivity index (χ3n) is 3.63. The first-order chi connectivity index (χ1) is 7.13. The molecular formula is C11H19NO3. The summed E-state index contributed by atoms with van der Waals surface area (Å²) in [5.74, 6) is -0.136. The fourth-order valence-electron chi connectivity index (χ4n) is 2.18. The van der Waals surface area contributed by atoms with Crippen molar-refractivity contribution in [2.24, 2.45) is 11.1 Å². The van der Waals surface area contributed by atoms with Gasteiger partial charge in [0.15, 0.2) is 0 Å². The van der Waals surface area contributed by atoms with Crippen LogP contribution in [-0.4, -0.2) is 31.3 Å². The molecule has 2 rings (SSSR count). The molecule has 1 heterocycles. The minimum Gasteiger partial charge on any atom is -0.457 e. The maximum atomic E-state index is 12.0. The van der Waals surface area contributed by atoms with Crippen LogP contribution in [0.5, 0.6) is 0 Å². The van der Waals surface area contributed by atoms with Gasteiger partial charge in [-0.3, -0.25) is 4.79 Å². The molecule has 4 nitrogen and oxygen atoms in total. The second kappa shape index (κ2) is 4.10. The third kappa shape index (κ3) is 2.01. The molecule has 1 saturated carbocycles. The number of carbonyl (C=O) groups is 1. The Morgan fingerprint density at radius 2 is 2.20 bits per heavy atom. The van der Waals surface area contributed by atoms with Crippen molar-refractivity contribution in [3.05, 3.63) is 0 Å². The van der Waals surface area contributed by atoms with Crippen molar-refractivity contribution in [2.45, 2.75) is 44.8 Å². The van der Waals surface area contributed by atoms with Gasteiger partial charge in [0.25, 0.3) is 0 Å². The van der Waals surface area contributed by atoms with Gasteiger partial charge >= 0.3 is 5.97 Å². The van der Waals surface area contributed by atoms with E-state index in [2.05, 4.69) is 0 Å². The molecule has 1 aliphatic heterocycles. The van der Waals surface area contributed by atoms with E-state index in [0.717, 1.165) is 25.7 Å². The maximum Gasteiger partial charge on any atom is 0.313 e. The Morgan fingerprint density at radius 1 is 1.47 bits per heavy atom. The quantitative estimate of drug-likeness (QED) is 0.690. The number of ether oxygens (including phenoxy) is 2. The van der Waals surface area contributed by atoms with Gasteiger partial charge in [0, 0.05) is 6.04 Å². The summed E-state index contributed by atoms with van der Waals surface area (Å²) in [4.78, 5) is 12.0. The van der Waals surface area contributed by atoms with E-state index in [1.54, 1.807) is 0 Å². The first kappa shape index (κ1) is 10.9. The largest absolute Gasteiger partial charge is 0.457 e. The highest BCUT2D eigenvalue weighted by Gasteiger charge is 2.43. The van der Waals surface area contributed by atoms with Crippen LogP contribution in [0, 0.1) is 5.41 Å². The number of hydrogen-bond donors (Lipinski definition) is 1. The fraction of sp³-hybridized carbons (Fsp3) is 0.909. The van der Waals surface area contributed by atoms with E-state index in [0.29, 0.717) is 13.2 Å². The lowest BCUT2D eigenvalue weighted by atomic mass is 9.72. The Bertz CT molecular complexity index is 252. The average Bonchev–Trinajstić information content (AvgIpc) is 2.16. The van der Waals surface area contributed by atoms with Gasteiger partial charge in [-0.25, -0.2) is 0 Å². The van der Waals surface area contributed by atoms with Gasteiger partial charge in [0.1, 0.15) is 6.10 Å². The van der Waals surface area contributed by atoms with Crippen molar-refractivity contribution in [3.8, 4) is 0 Å². The molecule has 2 fully saturated rings. The van der Waals surface area contributed by atoms with Gasteiger partial charge in [-0.15, -0.1) is 0 Å². The Hall–Kier alpha value is -0.610. The van der Waals surface area contributed by atoms with Crippen LogP contribution < -0.4 is 5.73 Å². The van der Waals surface area contributed by atoms with E-state index in [-0.39, 0.29) is 18.1 Å². The Labute approximate surface area is 90.1 Å². The van der Waals surface area contributed by atoms with Gasteiger partial charge in [-0.1, -0.05) is 12.8 Å². The molecule has 1 aliphatic carbocycles. The van der Waals surface area contributed by atoms with Crippen LogP contribution in [0.15, 0.2) is 0 Å². The molecule has 0 aromatic carbocycles. The van der Waals surface area contributed by atoms with Crippen LogP contribution in [0.25, 0.3) is 0 Å². The van der Waals surface area contributed by atoms with E-state index in [4.69, 9.17) is 15.2 Å². The van der Waals surface area contributed by atoms with Gasteiger partial charge in [0.2, 0.25) is 0 Å². The van der Waals surface area contributed by atoms with Crippen molar-refractivity contribution in [3.63, 3.8) is 0 Å². The van der Waals surface area contributed by atoms with Crippen molar-refractivity contribution >= 4 is 5.97 Å². The SMILES string of the molecule is CC1(C(=O)OC2COC2)CCCCC1N. The van der Waals surface area contributed by atoms with E-state index >= 15 is 0 Å². The molecule has 86 valence electrons. The number of hydrogen-bond acceptors (Lipinski definition) is 4. The fourth-order valence-corrected chi connectivity index (χ4v) is 2.18. The molecular weight excluding hydrogens is 194 g/mol. The summed E-state index contributed by atoms with van der Waals surface area (Å²) < 4.78 is 10.3. The van der Waals surface area contributed by atoms with Crippen LogP contribution in [0.3, 0.4) is 0 Å². The van der Waals surface area contributed by atoms with Gasteiger partial charge in [-0.2, -0.15) is 0 Å². The van der Waals surface area contributed by atoms with Crippen LogP contribution in [-0.2, 0) is 14.3 Å². The molecule has 2 N–H and O–H groups in total. The highest BCUT2D eigenvalue weighted by molar-refractivity contribution is 5.77. The topological polar surface area (TPSA) is 61.5 Å². The van der Waals surface area contributed by atoms with E-state index < -0.39 is 5.41 Å². The zero-order valence-electron chi connectivity index (χ0n) is 9.20. The van der Waals surface area contributed by atoms with E-state index in [9.17, 15) is 4.79 Å². The van der Waals surface area contributed by atoms with Gasteiger partial charge in [0.05, 0.1) is 18.6 Å². The first-order valence-corrected chi connectivity index (χ1v) is 5.67. The van der Waals surface area contributed by atoms with Crippen LogP contribution in [0.4, 0.5) is 0 Å². The summed E-state index contributed by atoms with van der Waals surface area (Å²) in [6, 6.07) is -0.0558. The molecule has 0 aromatic rings. The van der Waals surface area contributed by atoms with E-state index in [1.165, 1.54) is 0 Å². The minimum absolute atomic E-state index is 0.0385. The number of nitrogens with two attached hydrogens (primary N) is 1. The Kier molecular flexibility index (Phi) is 2.98. The summed E-state index contributed by atoms with van der Waals surface area (Å²) in [6.45, 7) is 3.01. The monoisotopic (exact) mass is 213 g/mol. The second-order valence-electron chi connectivity index (χ2n) is 4.83. The molecule has 1 saturated heterocycles. The lowest BCUT2D eigenvalue weighted by Gasteiger charge is -2.39. The molecule has 2 atom stereocenters. The highest BCUT2D eigenvalue weighted by Crippen LogP contribution is 2.36. The summed E-state index contributed by atoms with van der Waals surface area (Å²) in [5.41, 5.74) is 5.54. The molecule has 4 heteroatoms. The summed E-state index contributed by atoms with van der Waals surface area (Å²) in [7, 11) is 0. The standard InChI is InChI=1S/C11H19NO3/c1-11(5-3-2-4-9(11)12)10(13)15-8-6-14-7-8/h8-9H,2-7,12H2,1H3. The minimum atomic E-state index is -0.478. The molecule has 2 unspecified atom stereocenters. The van der Waals surface area contributed by atoms with Gasteiger partial charge in [-0.05, 0) is 19.8 Å². The first-order valence-electron chi connectivity index (χ1n) is 5.67. The van der Waals surface area contributed by atoms with Crippen molar-refractivity contribution in [1.29, 1.82) is 0 Å². The van der Waals surface area contributed by atoms with Crippen LogP contribution in [0.1, 0.15) is 32.6 Å². The lowest BCUT2D eigenvalue weighted by Crippen LogP contribution is -2.51. The predicted octanol–water partition coefficient (Wildman–Crippen LogP) is 0.836. The maximum absolute atomic E-state index is 12.0. The second-order valence-corrected chi connectivity index (χ2v) is 4.83. The Balaban J connectivity index is 1.95. The number of carbonyl (C=O) groups excluding carboxylic acids is 1. The molecule has 0 aromatic heterocycles. The molecule has 0 spiro atoms. The molecule has 0 amide bonds. The molecule has 0 bridgehead atoms. The zero-order chi connectivity index (χ0) is 10.9. The normalized spacial score (nSPS) is 37.1. The zero-order valence-corrected chi connectivity index (χ0v) is 9.20. The Morgan fingerprint density at radius 3 is 2.73 bits per heavy atom. The third-order valence-corrected chi connectivity index (χ3v) is 3.63. The number of rotatable bonds is 2. The van der Waals surface area contributed by atoms with Crippen molar-refractivity contribution in [1.82, 2.24) is 0 Å². The lowest BCUT2D eigenvalue weighted by molar-refractivity contribution is -0.185. The summed E-state index contributed by atoms with van der Waals surface area (Å²) in [5, 5.41) is 0. The predicted molar refractivity (Wildman–Crippen MR) is 55.2 cm³/mol. The van der Waals surface area contributed by atoms with Crippen LogP contribution >= 0.6 is 0 Å². The van der Waals surface area contributed by atoms with Crippen molar-refractivity contribution in [2.75, 3.05) is 13.2 Å². The number of esters is 1. The average molecular weight is 213 g/mol. The molecule has 2 aliphatic rings. The van der Waals surface area contributed by atoms with E-state index in [1.807, 2.05) is 6.92 Å². The van der Waals surface area contributed by atoms with Crippen LogP contribution in [0.2, 0.25) is 0 Å². The summed E-state index contributed by atoms with van der Waals surface area (Å²) >= 11 is 0. The molecule has 0 radical (unpaired) electrons.